The summed E-state index contributed by atoms with van der Waals surface area (Å²) in [6.45, 7) is 1.27. The van der Waals surface area contributed by atoms with E-state index in [0.717, 1.165) is 6.07 Å². The highest BCUT2D eigenvalue weighted by atomic mass is 19.1. The number of amides is 1. The van der Waals surface area contributed by atoms with Crippen LogP contribution >= 0.6 is 0 Å². The van der Waals surface area contributed by atoms with Gasteiger partial charge >= 0.3 is 11.4 Å². The summed E-state index contributed by atoms with van der Waals surface area (Å²) < 4.78 is 18.6. The normalized spacial score (nSPS) is 23.2. The van der Waals surface area contributed by atoms with E-state index in [0.29, 0.717) is 5.75 Å². The van der Waals surface area contributed by atoms with E-state index >= 15 is 0 Å². The second-order valence-corrected chi connectivity index (χ2v) is 3.69. The van der Waals surface area contributed by atoms with Crippen LogP contribution < -0.4 is 4.74 Å². The maximum absolute atomic E-state index is 13.8. The molecule has 1 aromatic carbocycles. The molecule has 0 N–H and O–H groups in total. The van der Waals surface area contributed by atoms with E-state index in [1.54, 1.807) is 0 Å². The van der Waals surface area contributed by atoms with Gasteiger partial charge in [0.2, 0.25) is 0 Å². The molecule has 1 aliphatic rings. The smallest absolute Gasteiger partial charge is 0.437 e. The standard InChI is InChI=1S/C10H9FN3O3/c1-10(9(15)12-13-14(10)16)7-4-3-6(17-2)5-8(7)11/h3-5H,1-2H3/q+1. The first-order chi connectivity index (χ1) is 8.00. The molecule has 88 valence electrons. The Morgan fingerprint density at radius 1 is 1.47 bits per heavy atom. The van der Waals surface area contributed by atoms with Gasteiger partial charge in [-0.1, -0.05) is 0 Å². The first kappa shape index (κ1) is 11.3. The van der Waals surface area contributed by atoms with Gasteiger partial charge in [-0.05, 0) is 17.0 Å². The van der Waals surface area contributed by atoms with Crippen molar-refractivity contribution in [1.82, 2.24) is 0 Å². The van der Waals surface area contributed by atoms with Crippen LogP contribution in [0.25, 0.3) is 0 Å². The van der Waals surface area contributed by atoms with Crippen molar-refractivity contribution in [3.05, 3.63) is 34.5 Å². The molecule has 1 aromatic rings. The number of nitrogens with zero attached hydrogens (tertiary/aromatic N) is 3. The maximum Gasteiger partial charge on any atom is 0.437 e. The summed E-state index contributed by atoms with van der Waals surface area (Å²) in [5, 5.41) is 6.22. The molecule has 1 unspecified atom stereocenters. The Morgan fingerprint density at radius 2 is 2.18 bits per heavy atom. The summed E-state index contributed by atoms with van der Waals surface area (Å²) in [6.07, 6.45) is 0. The van der Waals surface area contributed by atoms with Gasteiger partial charge in [-0.25, -0.2) is 9.18 Å². The van der Waals surface area contributed by atoms with Crippen LogP contribution in [0.1, 0.15) is 12.5 Å². The number of ether oxygens (including phenoxy) is 1. The van der Waals surface area contributed by atoms with Gasteiger partial charge < -0.3 is 4.74 Å². The molecule has 1 aliphatic heterocycles. The van der Waals surface area contributed by atoms with Crippen LogP contribution in [-0.2, 0) is 10.3 Å². The van der Waals surface area contributed by atoms with Crippen LogP contribution in [0.2, 0.25) is 0 Å². The van der Waals surface area contributed by atoms with Crippen molar-refractivity contribution in [3.63, 3.8) is 0 Å². The zero-order valence-electron chi connectivity index (χ0n) is 9.18. The highest BCUT2D eigenvalue weighted by molar-refractivity contribution is 5.86. The molecular formula is C10H9FN3O3+. The zero-order valence-corrected chi connectivity index (χ0v) is 9.18. The fraction of sp³-hybridized carbons (Fsp3) is 0.300. The first-order valence-corrected chi connectivity index (χ1v) is 4.77. The van der Waals surface area contributed by atoms with Crippen molar-refractivity contribution in [2.45, 2.75) is 12.5 Å². The number of hydrogen-bond donors (Lipinski definition) is 0. The van der Waals surface area contributed by atoms with Crippen molar-refractivity contribution in [3.8, 4) is 5.75 Å². The lowest BCUT2D eigenvalue weighted by Gasteiger charge is -2.13. The lowest BCUT2D eigenvalue weighted by Crippen LogP contribution is -2.36. The summed E-state index contributed by atoms with van der Waals surface area (Å²) in [4.78, 5) is 23.1. The molecule has 0 saturated heterocycles. The monoisotopic (exact) mass is 238 g/mol. The van der Waals surface area contributed by atoms with Crippen LogP contribution in [0.15, 0.2) is 28.5 Å². The maximum atomic E-state index is 13.8. The molecular weight excluding hydrogens is 229 g/mol. The van der Waals surface area contributed by atoms with Crippen LogP contribution in [0, 0.1) is 10.7 Å². The molecule has 0 aliphatic carbocycles. The van der Waals surface area contributed by atoms with E-state index in [1.165, 1.54) is 26.2 Å². The van der Waals surface area contributed by atoms with E-state index in [4.69, 9.17) is 4.74 Å². The molecule has 17 heavy (non-hydrogen) atoms. The second kappa shape index (κ2) is 3.69. The second-order valence-electron chi connectivity index (χ2n) is 3.69. The topological polar surface area (TPSA) is 71.1 Å². The SMILES string of the molecule is COc1ccc(C2(C)C(=O)N=N[N+]2=O)c(F)c1. The van der Waals surface area contributed by atoms with Gasteiger partial charge in [0.1, 0.15) is 16.7 Å². The molecule has 0 saturated carbocycles. The fourth-order valence-corrected chi connectivity index (χ4v) is 1.59. The minimum absolute atomic E-state index is 0.0803. The van der Waals surface area contributed by atoms with Crippen molar-refractivity contribution in [2.75, 3.05) is 7.11 Å². The number of carbonyl (C=O) groups is 1. The molecule has 0 radical (unpaired) electrons. The zero-order chi connectivity index (χ0) is 12.6. The largest absolute Gasteiger partial charge is 0.497 e. The molecule has 2 rings (SSSR count). The van der Waals surface area contributed by atoms with Crippen molar-refractivity contribution >= 4 is 5.91 Å². The Kier molecular flexibility index (Phi) is 2.45. The molecule has 0 bridgehead atoms. The van der Waals surface area contributed by atoms with Crippen molar-refractivity contribution in [1.29, 1.82) is 0 Å². The molecule has 1 atom stereocenters. The summed E-state index contributed by atoms with van der Waals surface area (Å²) in [5.74, 6) is -1.21. The fourth-order valence-electron chi connectivity index (χ4n) is 1.59. The van der Waals surface area contributed by atoms with Gasteiger partial charge in [0.25, 0.3) is 0 Å². The Morgan fingerprint density at radius 3 is 2.65 bits per heavy atom. The molecule has 1 heterocycles. The average molecular weight is 238 g/mol. The van der Waals surface area contributed by atoms with Crippen molar-refractivity contribution in [2.24, 2.45) is 10.3 Å². The van der Waals surface area contributed by atoms with Crippen LogP contribution in [0.3, 0.4) is 0 Å². The van der Waals surface area contributed by atoms with E-state index in [1.807, 2.05) is 0 Å². The van der Waals surface area contributed by atoms with Crippen LogP contribution in [0.5, 0.6) is 5.75 Å². The van der Waals surface area contributed by atoms with Gasteiger partial charge in [-0.2, -0.15) is 0 Å². The third kappa shape index (κ3) is 1.50. The number of hydrogen-bond acceptors (Lipinski definition) is 3. The molecule has 6 nitrogen and oxygen atoms in total. The van der Waals surface area contributed by atoms with Crippen LogP contribution in [-0.4, -0.2) is 17.9 Å². The third-order valence-electron chi connectivity index (χ3n) is 2.72. The Balaban J connectivity index is 2.54. The van der Waals surface area contributed by atoms with E-state index < -0.39 is 17.3 Å². The minimum atomic E-state index is -1.74. The van der Waals surface area contributed by atoms with Crippen LogP contribution in [0.4, 0.5) is 4.39 Å². The van der Waals surface area contributed by atoms with E-state index in [9.17, 15) is 14.1 Å². The predicted molar refractivity (Wildman–Crippen MR) is 53.8 cm³/mol. The number of benzene rings is 1. The Labute approximate surface area is 95.6 Å². The first-order valence-electron chi connectivity index (χ1n) is 4.77. The van der Waals surface area contributed by atoms with Gasteiger partial charge in [-0.15, -0.1) is 0 Å². The van der Waals surface area contributed by atoms with Gasteiger partial charge in [0.05, 0.1) is 17.5 Å². The Bertz CT molecular complexity index is 524. The summed E-state index contributed by atoms with van der Waals surface area (Å²) >= 11 is 0. The summed E-state index contributed by atoms with van der Waals surface area (Å²) in [7, 11) is 1.39. The highest BCUT2D eigenvalue weighted by Crippen LogP contribution is 2.34. The average Bonchev–Trinajstić information content (AvgIpc) is 2.57. The highest BCUT2D eigenvalue weighted by Gasteiger charge is 2.57. The number of nitroso groups, excluding NO2 is 1. The third-order valence-corrected chi connectivity index (χ3v) is 2.72. The molecule has 1 amide bonds. The summed E-state index contributed by atoms with van der Waals surface area (Å²) in [5.41, 5.74) is -1.82. The molecule has 7 heteroatoms. The van der Waals surface area contributed by atoms with E-state index in [2.05, 4.69) is 10.3 Å². The number of methoxy groups -OCH3 is 1. The molecule has 0 aromatic heterocycles. The van der Waals surface area contributed by atoms with E-state index in [-0.39, 0.29) is 10.4 Å². The molecule has 0 fully saturated rings. The van der Waals surface area contributed by atoms with Gasteiger partial charge in [-0.3, -0.25) is 0 Å². The number of rotatable bonds is 2. The van der Waals surface area contributed by atoms with Gasteiger partial charge in [0.15, 0.2) is 5.22 Å². The summed E-state index contributed by atoms with van der Waals surface area (Å²) in [6, 6.07) is 3.87. The minimum Gasteiger partial charge on any atom is -0.497 e. The molecule has 0 spiro atoms. The van der Waals surface area contributed by atoms with Crippen molar-refractivity contribution < 1.29 is 18.8 Å². The predicted octanol–water partition coefficient (Wildman–Crippen LogP) is 1.74. The lowest BCUT2D eigenvalue weighted by atomic mass is 9.91. The Hall–Kier alpha value is -2.18. The number of halogens is 1. The number of carbonyl (C=O) groups excluding carboxylic acids is 1. The lowest BCUT2D eigenvalue weighted by molar-refractivity contribution is -0.618. The van der Waals surface area contributed by atoms with Gasteiger partial charge in [0, 0.05) is 13.0 Å². The quantitative estimate of drug-likeness (QED) is 0.736.